The van der Waals surface area contributed by atoms with Gasteiger partial charge in [0.25, 0.3) is 5.91 Å². The van der Waals surface area contributed by atoms with Crippen LogP contribution in [0.3, 0.4) is 0 Å². The predicted octanol–water partition coefficient (Wildman–Crippen LogP) is 0.819. The summed E-state index contributed by atoms with van der Waals surface area (Å²) < 4.78 is 0. The highest BCUT2D eigenvalue weighted by atomic mass is 32.1. The summed E-state index contributed by atoms with van der Waals surface area (Å²) in [5.74, 6) is -0.0334. The maximum atomic E-state index is 12.2. The first-order valence-corrected chi connectivity index (χ1v) is 6.59. The van der Waals surface area contributed by atoms with Gasteiger partial charge in [-0.15, -0.1) is 0 Å². The average molecular weight is 266 g/mol. The van der Waals surface area contributed by atoms with Gasteiger partial charge in [-0.25, -0.2) is 4.98 Å². The second-order valence-corrected chi connectivity index (χ2v) is 5.25. The number of rotatable bonds is 2. The standard InChI is InChI=1S/C12H18N4OS/c1-9-7-14-11(8-13-9)12(17)16-5-3-15(4-6-16)10(2)18/h7-8,10,18H,3-6H2,1-2H3. The molecule has 98 valence electrons. The third-order valence-corrected chi connectivity index (χ3v) is 3.46. The van der Waals surface area contributed by atoms with E-state index in [-0.39, 0.29) is 11.3 Å². The molecule has 1 aliphatic rings. The number of piperazine rings is 1. The van der Waals surface area contributed by atoms with E-state index in [1.165, 1.54) is 0 Å². The summed E-state index contributed by atoms with van der Waals surface area (Å²) in [6.45, 7) is 7.06. The molecule has 0 spiro atoms. The summed E-state index contributed by atoms with van der Waals surface area (Å²) in [5.41, 5.74) is 1.24. The number of carbonyl (C=O) groups is 1. The van der Waals surface area contributed by atoms with Gasteiger partial charge in [0.15, 0.2) is 0 Å². The third kappa shape index (κ3) is 3.00. The van der Waals surface area contributed by atoms with Crippen molar-refractivity contribution in [3.63, 3.8) is 0 Å². The Kier molecular flexibility index (Phi) is 4.19. The van der Waals surface area contributed by atoms with E-state index in [2.05, 4.69) is 27.5 Å². The van der Waals surface area contributed by atoms with Gasteiger partial charge in [0.1, 0.15) is 5.69 Å². The molecule has 6 heteroatoms. The van der Waals surface area contributed by atoms with Crippen LogP contribution in [0.25, 0.3) is 0 Å². The fourth-order valence-corrected chi connectivity index (χ4v) is 2.19. The van der Waals surface area contributed by atoms with Gasteiger partial charge in [-0.1, -0.05) is 0 Å². The lowest BCUT2D eigenvalue weighted by molar-refractivity contribution is 0.0625. The second kappa shape index (κ2) is 5.67. The van der Waals surface area contributed by atoms with Gasteiger partial charge >= 0.3 is 0 Å². The Morgan fingerprint density at radius 2 is 1.94 bits per heavy atom. The normalized spacial score (nSPS) is 18.7. The van der Waals surface area contributed by atoms with Crippen LogP contribution in [0.2, 0.25) is 0 Å². The zero-order valence-corrected chi connectivity index (χ0v) is 11.6. The Morgan fingerprint density at radius 3 is 2.44 bits per heavy atom. The zero-order chi connectivity index (χ0) is 13.1. The van der Waals surface area contributed by atoms with Crippen LogP contribution in [0, 0.1) is 6.92 Å². The van der Waals surface area contributed by atoms with E-state index < -0.39 is 0 Å². The van der Waals surface area contributed by atoms with E-state index in [0.717, 1.165) is 31.9 Å². The number of aromatic nitrogens is 2. The van der Waals surface area contributed by atoms with Gasteiger partial charge in [-0.2, -0.15) is 12.6 Å². The van der Waals surface area contributed by atoms with E-state index in [0.29, 0.717) is 5.69 Å². The molecule has 18 heavy (non-hydrogen) atoms. The van der Waals surface area contributed by atoms with Crippen LogP contribution in [0.1, 0.15) is 23.1 Å². The highest BCUT2D eigenvalue weighted by molar-refractivity contribution is 7.80. The minimum absolute atomic E-state index is 0.0334. The first-order valence-electron chi connectivity index (χ1n) is 6.08. The Balaban J connectivity index is 1.97. The average Bonchev–Trinajstić information content (AvgIpc) is 2.39. The minimum Gasteiger partial charge on any atom is -0.335 e. The minimum atomic E-state index is -0.0334. The molecule has 0 aliphatic carbocycles. The van der Waals surface area contributed by atoms with Gasteiger partial charge in [0, 0.05) is 32.4 Å². The molecular weight excluding hydrogens is 248 g/mol. The van der Waals surface area contributed by atoms with Gasteiger partial charge in [0.2, 0.25) is 0 Å². The van der Waals surface area contributed by atoms with Crippen molar-refractivity contribution < 1.29 is 4.79 Å². The van der Waals surface area contributed by atoms with E-state index in [4.69, 9.17) is 0 Å². The van der Waals surface area contributed by atoms with Crippen molar-refractivity contribution in [3.8, 4) is 0 Å². The molecule has 1 aromatic rings. The molecule has 2 rings (SSSR count). The molecule has 0 N–H and O–H groups in total. The number of thiol groups is 1. The second-order valence-electron chi connectivity index (χ2n) is 4.50. The first-order chi connectivity index (χ1) is 8.58. The number of aryl methyl sites for hydroxylation is 1. The molecule has 1 atom stereocenters. The number of nitrogens with zero attached hydrogens (tertiary/aromatic N) is 4. The van der Waals surface area contributed by atoms with Crippen molar-refractivity contribution in [2.75, 3.05) is 26.2 Å². The molecule has 1 fully saturated rings. The molecule has 1 amide bonds. The van der Waals surface area contributed by atoms with E-state index in [1.807, 2.05) is 18.7 Å². The van der Waals surface area contributed by atoms with Crippen molar-refractivity contribution in [1.29, 1.82) is 0 Å². The maximum absolute atomic E-state index is 12.2. The lowest BCUT2D eigenvalue weighted by Crippen LogP contribution is -2.50. The van der Waals surface area contributed by atoms with Crippen molar-refractivity contribution in [3.05, 3.63) is 23.8 Å². The van der Waals surface area contributed by atoms with Crippen LogP contribution in [-0.2, 0) is 0 Å². The fourth-order valence-electron chi connectivity index (χ4n) is 1.96. The van der Waals surface area contributed by atoms with Crippen LogP contribution in [-0.4, -0.2) is 57.2 Å². The lowest BCUT2D eigenvalue weighted by atomic mass is 10.3. The topological polar surface area (TPSA) is 49.3 Å². The Hall–Kier alpha value is -1.14. The van der Waals surface area contributed by atoms with Crippen molar-refractivity contribution in [2.24, 2.45) is 0 Å². The van der Waals surface area contributed by atoms with Crippen molar-refractivity contribution in [1.82, 2.24) is 19.8 Å². The lowest BCUT2D eigenvalue weighted by Gasteiger charge is -2.36. The highest BCUT2D eigenvalue weighted by Crippen LogP contribution is 2.10. The maximum Gasteiger partial charge on any atom is 0.274 e. The van der Waals surface area contributed by atoms with Gasteiger partial charge in [-0.05, 0) is 13.8 Å². The molecule has 0 radical (unpaired) electrons. The first kappa shape index (κ1) is 13.3. The van der Waals surface area contributed by atoms with Crippen molar-refractivity contribution >= 4 is 18.5 Å². The molecule has 0 bridgehead atoms. The molecule has 1 saturated heterocycles. The smallest absolute Gasteiger partial charge is 0.274 e. The van der Waals surface area contributed by atoms with Crippen LogP contribution in [0.4, 0.5) is 0 Å². The van der Waals surface area contributed by atoms with Crippen LogP contribution in [0.15, 0.2) is 12.4 Å². The van der Waals surface area contributed by atoms with Gasteiger partial charge < -0.3 is 4.90 Å². The Labute approximate surface area is 113 Å². The quantitative estimate of drug-likeness (QED) is 0.805. The van der Waals surface area contributed by atoms with Crippen LogP contribution in [0.5, 0.6) is 0 Å². The summed E-state index contributed by atoms with van der Waals surface area (Å²) in [5, 5.41) is 0.237. The third-order valence-electron chi connectivity index (χ3n) is 3.13. The zero-order valence-electron chi connectivity index (χ0n) is 10.7. The number of hydrogen-bond donors (Lipinski definition) is 1. The summed E-state index contributed by atoms with van der Waals surface area (Å²) >= 11 is 4.40. The Bertz CT molecular complexity index is 413. The number of amides is 1. The monoisotopic (exact) mass is 266 g/mol. The van der Waals surface area contributed by atoms with Crippen molar-refractivity contribution in [2.45, 2.75) is 19.2 Å². The number of carbonyl (C=O) groups excluding carboxylic acids is 1. The van der Waals surface area contributed by atoms with Gasteiger partial charge in [0.05, 0.1) is 17.3 Å². The summed E-state index contributed by atoms with van der Waals surface area (Å²) in [6.07, 6.45) is 3.17. The molecule has 1 unspecified atom stereocenters. The Morgan fingerprint density at radius 1 is 1.28 bits per heavy atom. The van der Waals surface area contributed by atoms with Crippen LogP contribution >= 0.6 is 12.6 Å². The number of hydrogen-bond acceptors (Lipinski definition) is 5. The van der Waals surface area contributed by atoms with Crippen LogP contribution < -0.4 is 0 Å². The van der Waals surface area contributed by atoms with E-state index >= 15 is 0 Å². The molecule has 5 nitrogen and oxygen atoms in total. The highest BCUT2D eigenvalue weighted by Gasteiger charge is 2.24. The molecular formula is C12H18N4OS. The predicted molar refractivity (Wildman–Crippen MR) is 72.7 cm³/mol. The molecule has 0 aromatic carbocycles. The SMILES string of the molecule is Cc1cnc(C(=O)N2CCN(C(C)S)CC2)cn1. The summed E-state index contributed by atoms with van der Waals surface area (Å²) in [6, 6.07) is 0. The van der Waals surface area contributed by atoms with E-state index in [1.54, 1.807) is 12.4 Å². The molecule has 1 aromatic heterocycles. The fraction of sp³-hybridized carbons (Fsp3) is 0.583. The molecule has 2 heterocycles. The summed E-state index contributed by atoms with van der Waals surface area (Å²) in [7, 11) is 0. The van der Waals surface area contributed by atoms with E-state index in [9.17, 15) is 4.79 Å². The summed E-state index contributed by atoms with van der Waals surface area (Å²) in [4.78, 5) is 24.5. The largest absolute Gasteiger partial charge is 0.335 e. The molecule has 1 aliphatic heterocycles. The van der Waals surface area contributed by atoms with Gasteiger partial charge in [-0.3, -0.25) is 14.7 Å². The molecule has 0 saturated carbocycles.